The largest absolute Gasteiger partial charge is 0.198 e. The second-order valence-electron chi connectivity index (χ2n) is 2.33. The normalized spacial score (nSPS) is 9.42. The fraction of sp³-hybridized carbons (Fsp3) is 0.222. The summed E-state index contributed by atoms with van der Waals surface area (Å²) in [6, 6.07) is 7.80. The van der Waals surface area contributed by atoms with Crippen molar-refractivity contribution in [3.8, 4) is 6.07 Å². The second-order valence-corrected chi connectivity index (χ2v) is 3.65. The third kappa shape index (κ3) is 2.44. The summed E-state index contributed by atoms with van der Waals surface area (Å²) < 4.78 is 0. The lowest BCUT2D eigenvalue weighted by Gasteiger charge is -2.00. The third-order valence-electron chi connectivity index (χ3n) is 1.45. The van der Waals surface area contributed by atoms with Crippen molar-refractivity contribution in [1.82, 2.24) is 0 Å². The monoisotopic (exact) mass is 197 g/mol. The van der Waals surface area contributed by atoms with Crippen LogP contribution in [0.2, 0.25) is 5.02 Å². The Balaban J connectivity index is 2.99. The smallest absolute Gasteiger partial charge is 0.0669 e. The standard InChI is InChI=1S/C9H8ClNS/c1-12-9-5-7(2-3-11)4-8(10)6-9/h4-6H,2H2,1H3. The molecule has 0 aliphatic carbocycles. The van der Waals surface area contributed by atoms with Crippen molar-refractivity contribution < 1.29 is 0 Å². The maximum Gasteiger partial charge on any atom is 0.0669 e. The first-order valence-corrected chi connectivity index (χ1v) is 5.07. The summed E-state index contributed by atoms with van der Waals surface area (Å²) >= 11 is 7.47. The zero-order valence-electron chi connectivity index (χ0n) is 6.67. The average Bonchev–Trinajstić information content (AvgIpc) is 2.04. The van der Waals surface area contributed by atoms with Crippen LogP contribution in [0.15, 0.2) is 23.1 Å². The molecule has 62 valence electrons. The maximum absolute atomic E-state index is 8.47. The molecule has 1 rings (SSSR count). The number of hydrogen-bond acceptors (Lipinski definition) is 2. The van der Waals surface area contributed by atoms with E-state index in [0.29, 0.717) is 11.4 Å². The molecule has 0 unspecified atom stereocenters. The first-order chi connectivity index (χ1) is 5.76. The van der Waals surface area contributed by atoms with Crippen LogP contribution in [0.25, 0.3) is 0 Å². The van der Waals surface area contributed by atoms with Crippen LogP contribution in [0.5, 0.6) is 0 Å². The Labute approximate surface area is 81.3 Å². The average molecular weight is 198 g/mol. The molecule has 0 fully saturated rings. The zero-order chi connectivity index (χ0) is 8.97. The van der Waals surface area contributed by atoms with Gasteiger partial charge in [0.15, 0.2) is 0 Å². The lowest BCUT2D eigenvalue weighted by molar-refractivity contribution is 1.23. The van der Waals surface area contributed by atoms with Crippen molar-refractivity contribution in [3.05, 3.63) is 28.8 Å². The maximum atomic E-state index is 8.47. The van der Waals surface area contributed by atoms with Crippen molar-refractivity contribution in [2.75, 3.05) is 6.26 Å². The van der Waals surface area contributed by atoms with Crippen molar-refractivity contribution in [1.29, 1.82) is 5.26 Å². The number of rotatable bonds is 2. The molecule has 0 N–H and O–H groups in total. The molecule has 0 bridgehead atoms. The van der Waals surface area contributed by atoms with Crippen LogP contribution >= 0.6 is 23.4 Å². The van der Waals surface area contributed by atoms with Gasteiger partial charge in [-0.1, -0.05) is 11.6 Å². The summed E-state index contributed by atoms with van der Waals surface area (Å²) in [6.07, 6.45) is 2.41. The molecule has 12 heavy (non-hydrogen) atoms. The minimum atomic E-state index is 0.425. The Kier molecular flexibility index (Phi) is 3.46. The van der Waals surface area contributed by atoms with Gasteiger partial charge < -0.3 is 0 Å². The Morgan fingerprint density at radius 3 is 2.83 bits per heavy atom. The van der Waals surface area contributed by atoms with Gasteiger partial charge in [-0.25, -0.2) is 0 Å². The van der Waals surface area contributed by atoms with Crippen LogP contribution in [0.3, 0.4) is 0 Å². The molecule has 0 radical (unpaired) electrons. The molecule has 0 amide bonds. The van der Waals surface area contributed by atoms with Gasteiger partial charge in [-0.05, 0) is 30.0 Å². The van der Waals surface area contributed by atoms with Gasteiger partial charge in [-0.2, -0.15) is 5.26 Å². The van der Waals surface area contributed by atoms with E-state index in [9.17, 15) is 0 Å². The van der Waals surface area contributed by atoms with E-state index < -0.39 is 0 Å². The quantitative estimate of drug-likeness (QED) is 0.681. The first kappa shape index (κ1) is 9.44. The zero-order valence-corrected chi connectivity index (χ0v) is 8.25. The van der Waals surface area contributed by atoms with Crippen molar-refractivity contribution in [2.45, 2.75) is 11.3 Å². The summed E-state index contributed by atoms with van der Waals surface area (Å²) in [5, 5.41) is 9.18. The molecule has 1 aromatic carbocycles. The number of nitrogens with zero attached hydrogens (tertiary/aromatic N) is 1. The van der Waals surface area contributed by atoms with Crippen LogP contribution < -0.4 is 0 Å². The predicted octanol–water partition coefficient (Wildman–Crippen LogP) is 3.13. The molecule has 1 nitrogen and oxygen atoms in total. The highest BCUT2D eigenvalue weighted by atomic mass is 35.5. The number of thioether (sulfide) groups is 1. The van der Waals surface area contributed by atoms with Gasteiger partial charge in [0.05, 0.1) is 12.5 Å². The van der Waals surface area contributed by atoms with E-state index in [4.69, 9.17) is 16.9 Å². The predicted molar refractivity (Wildman–Crippen MR) is 52.6 cm³/mol. The molecule has 0 aliphatic heterocycles. The van der Waals surface area contributed by atoms with Gasteiger partial charge >= 0.3 is 0 Å². The van der Waals surface area contributed by atoms with E-state index in [1.165, 1.54) is 0 Å². The molecule has 0 heterocycles. The van der Waals surface area contributed by atoms with Crippen molar-refractivity contribution in [3.63, 3.8) is 0 Å². The van der Waals surface area contributed by atoms with Crippen LogP contribution in [0.4, 0.5) is 0 Å². The Morgan fingerprint density at radius 1 is 1.50 bits per heavy atom. The van der Waals surface area contributed by atoms with Gasteiger partial charge in [0.2, 0.25) is 0 Å². The van der Waals surface area contributed by atoms with E-state index in [1.807, 2.05) is 24.5 Å². The molecule has 0 saturated heterocycles. The number of benzene rings is 1. The molecular weight excluding hydrogens is 190 g/mol. The minimum Gasteiger partial charge on any atom is -0.198 e. The number of hydrogen-bond donors (Lipinski definition) is 0. The van der Waals surface area contributed by atoms with E-state index >= 15 is 0 Å². The van der Waals surface area contributed by atoms with Crippen molar-refractivity contribution >= 4 is 23.4 Å². The summed E-state index contributed by atoms with van der Waals surface area (Å²) in [5.41, 5.74) is 0.981. The molecule has 0 spiro atoms. The number of nitriles is 1. The Hall–Kier alpha value is -0.650. The SMILES string of the molecule is CSc1cc(Cl)cc(CC#N)c1. The van der Waals surface area contributed by atoms with Crippen LogP contribution in [-0.4, -0.2) is 6.26 Å². The molecular formula is C9H8ClNS. The molecule has 0 atom stereocenters. The van der Waals surface area contributed by atoms with Crippen molar-refractivity contribution in [2.24, 2.45) is 0 Å². The number of halogens is 1. The first-order valence-electron chi connectivity index (χ1n) is 3.46. The highest BCUT2D eigenvalue weighted by molar-refractivity contribution is 7.98. The van der Waals surface area contributed by atoms with E-state index in [2.05, 4.69) is 6.07 Å². The molecule has 1 aromatic rings. The highest BCUT2D eigenvalue weighted by Crippen LogP contribution is 2.22. The molecule has 0 saturated carbocycles. The fourth-order valence-electron chi connectivity index (χ4n) is 0.932. The molecule has 3 heteroatoms. The third-order valence-corrected chi connectivity index (χ3v) is 2.38. The lowest BCUT2D eigenvalue weighted by Crippen LogP contribution is -1.82. The topological polar surface area (TPSA) is 23.8 Å². The molecule has 0 aromatic heterocycles. The summed E-state index contributed by atoms with van der Waals surface area (Å²) in [4.78, 5) is 1.10. The summed E-state index contributed by atoms with van der Waals surface area (Å²) in [6.45, 7) is 0. The van der Waals surface area contributed by atoms with Gasteiger partial charge in [0.25, 0.3) is 0 Å². The Morgan fingerprint density at radius 2 is 2.25 bits per heavy atom. The van der Waals surface area contributed by atoms with E-state index in [-0.39, 0.29) is 0 Å². The fourth-order valence-corrected chi connectivity index (χ4v) is 1.77. The summed E-state index contributed by atoms with van der Waals surface area (Å²) in [7, 11) is 0. The van der Waals surface area contributed by atoms with Gasteiger partial charge in [-0.3, -0.25) is 0 Å². The summed E-state index contributed by atoms with van der Waals surface area (Å²) in [5.74, 6) is 0. The van der Waals surface area contributed by atoms with Crippen LogP contribution in [0.1, 0.15) is 5.56 Å². The highest BCUT2D eigenvalue weighted by Gasteiger charge is 1.97. The Bertz CT molecular complexity index is 317. The van der Waals surface area contributed by atoms with E-state index in [0.717, 1.165) is 10.5 Å². The van der Waals surface area contributed by atoms with E-state index in [1.54, 1.807) is 11.8 Å². The lowest BCUT2D eigenvalue weighted by atomic mass is 10.2. The van der Waals surface area contributed by atoms with Crippen LogP contribution in [0, 0.1) is 11.3 Å². The van der Waals surface area contributed by atoms with Gasteiger partial charge in [0, 0.05) is 9.92 Å². The molecule has 0 aliphatic rings. The van der Waals surface area contributed by atoms with Gasteiger partial charge in [0.1, 0.15) is 0 Å². The van der Waals surface area contributed by atoms with Gasteiger partial charge in [-0.15, -0.1) is 11.8 Å². The second kappa shape index (κ2) is 4.39. The minimum absolute atomic E-state index is 0.425. The van der Waals surface area contributed by atoms with Crippen LogP contribution in [-0.2, 0) is 6.42 Å².